The van der Waals surface area contributed by atoms with Crippen LogP contribution in [0.1, 0.15) is 15.9 Å². The number of nitrogens with zero attached hydrogens (tertiary/aromatic N) is 1. The van der Waals surface area contributed by atoms with E-state index >= 15 is 0 Å². The molecule has 1 aromatic heterocycles. The molecule has 126 valence electrons. The molecule has 4 nitrogen and oxygen atoms in total. The molecule has 1 aliphatic carbocycles. The summed E-state index contributed by atoms with van der Waals surface area (Å²) in [5.41, 5.74) is 2.63. The Balaban J connectivity index is 1.97. The average molecular weight is 359 g/mol. The topological polar surface area (TPSA) is 56.1 Å². The monoisotopic (exact) mass is 359 g/mol. The molecule has 0 fully saturated rings. The molecule has 5 rings (SSSR count). The molecule has 0 saturated carbocycles. The molecule has 26 heavy (non-hydrogen) atoms. The average Bonchev–Trinajstić information content (AvgIpc) is 3.17. The largest absolute Gasteiger partial charge is 0.288 e. The predicted molar refractivity (Wildman–Crippen MR) is 99.8 cm³/mol. The van der Waals surface area contributed by atoms with Crippen LogP contribution in [0.3, 0.4) is 0 Å². The molecule has 0 radical (unpaired) electrons. The van der Waals surface area contributed by atoms with E-state index in [2.05, 4.69) is 0 Å². The van der Waals surface area contributed by atoms with Crippen LogP contribution in [-0.2, 0) is 10.0 Å². The third kappa shape index (κ3) is 1.83. The molecular weight excluding hydrogens is 346 g/mol. The first-order chi connectivity index (χ1) is 12.6. The van der Waals surface area contributed by atoms with E-state index in [1.165, 1.54) is 3.97 Å². The zero-order valence-electron chi connectivity index (χ0n) is 13.6. The molecule has 4 aromatic rings. The summed E-state index contributed by atoms with van der Waals surface area (Å²) in [5.74, 6) is -0.131. The number of aromatic nitrogens is 1. The number of hydrogen-bond acceptors (Lipinski definition) is 3. The highest BCUT2D eigenvalue weighted by atomic mass is 32.2. The second-order valence-corrected chi connectivity index (χ2v) is 7.98. The van der Waals surface area contributed by atoms with Crippen LogP contribution in [0.25, 0.3) is 22.2 Å². The molecule has 0 N–H and O–H groups in total. The molecule has 0 unspecified atom stereocenters. The fourth-order valence-electron chi connectivity index (χ4n) is 3.66. The van der Waals surface area contributed by atoms with Gasteiger partial charge in [-0.3, -0.25) is 4.79 Å². The lowest BCUT2D eigenvalue weighted by molar-refractivity contribution is 0.104. The number of fused-ring (bicyclic) bond motifs is 5. The molecule has 0 atom stereocenters. The van der Waals surface area contributed by atoms with Crippen molar-refractivity contribution in [3.63, 3.8) is 0 Å². The molecule has 1 heterocycles. The van der Waals surface area contributed by atoms with Gasteiger partial charge in [-0.05, 0) is 18.2 Å². The van der Waals surface area contributed by atoms with Crippen LogP contribution < -0.4 is 0 Å². The smallest absolute Gasteiger partial charge is 0.268 e. The van der Waals surface area contributed by atoms with Crippen molar-refractivity contribution >= 4 is 26.7 Å². The molecule has 3 aromatic carbocycles. The van der Waals surface area contributed by atoms with Crippen LogP contribution in [-0.4, -0.2) is 18.2 Å². The first-order valence-corrected chi connectivity index (χ1v) is 9.63. The van der Waals surface area contributed by atoms with E-state index in [0.29, 0.717) is 33.3 Å². The van der Waals surface area contributed by atoms with Crippen molar-refractivity contribution in [2.75, 3.05) is 0 Å². The number of hydrogen-bond donors (Lipinski definition) is 0. The summed E-state index contributed by atoms with van der Waals surface area (Å²) >= 11 is 0. The van der Waals surface area contributed by atoms with Gasteiger partial charge in [0.05, 0.1) is 21.7 Å². The van der Waals surface area contributed by atoms with Crippen LogP contribution in [0, 0.1) is 0 Å². The van der Waals surface area contributed by atoms with Gasteiger partial charge < -0.3 is 0 Å². The second-order valence-electron chi connectivity index (χ2n) is 6.20. The Hall–Kier alpha value is -3.18. The van der Waals surface area contributed by atoms with Gasteiger partial charge in [0, 0.05) is 16.5 Å². The zero-order valence-corrected chi connectivity index (χ0v) is 14.4. The minimum atomic E-state index is -3.85. The quantitative estimate of drug-likeness (QED) is 0.477. The Bertz CT molecular complexity index is 1300. The summed E-state index contributed by atoms with van der Waals surface area (Å²) in [5, 5.41) is 0.656. The summed E-state index contributed by atoms with van der Waals surface area (Å²) in [7, 11) is -3.85. The maximum atomic E-state index is 13.4. The summed E-state index contributed by atoms with van der Waals surface area (Å²) in [6.07, 6.45) is 0. The van der Waals surface area contributed by atoms with Crippen molar-refractivity contribution in [1.82, 2.24) is 3.97 Å². The predicted octanol–water partition coefficient (Wildman–Crippen LogP) is 4.09. The molecule has 1 aliphatic rings. The zero-order chi connectivity index (χ0) is 17.9. The Morgan fingerprint density at radius 2 is 1.31 bits per heavy atom. The van der Waals surface area contributed by atoms with Gasteiger partial charge in [-0.2, -0.15) is 0 Å². The maximum Gasteiger partial charge on any atom is 0.268 e. The van der Waals surface area contributed by atoms with Crippen molar-refractivity contribution < 1.29 is 13.2 Å². The first kappa shape index (κ1) is 15.1. The summed E-state index contributed by atoms with van der Waals surface area (Å²) in [4.78, 5) is 13.2. The van der Waals surface area contributed by atoms with Crippen molar-refractivity contribution in [3.05, 3.63) is 90.0 Å². The molecular formula is C21H13NO3S. The highest BCUT2D eigenvalue weighted by molar-refractivity contribution is 7.90. The van der Waals surface area contributed by atoms with Gasteiger partial charge in [0.25, 0.3) is 10.0 Å². The summed E-state index contributed by atoms with van der Waals surface area (Å²) in [6.45, 7) is 0. The number of ketones is 1. The van der Waals surface area contributed by atoms with Crippen molar-refractivity contribution in [2.24, 2.45) is 0 Å². The van der Waals surface area contributed by atoms with Gasteiger partial charge in [0.15, 0.2) is 5.78 Å². The van der Waals surface area contributed by atoms with Crippen LogP contribution in [0.15, 0.2) is 83.8 Å². The van der Waals surface area contributed by atoms with Crippen LogP contribution in [0.2, 0.25) is 0 Å². The number of carbonyl (C=O) groups is 1. The van der Waals surface area contributed by atoms with E-state index in [4.69, 9.17) is 0 Å². The normalized spacial score (nSPS) is 13.0. The minimum Gasteiger partial charge on any atom is -0.288 e. The van der Waals surface area contributed by atoms with Gasteiger partial charge in [-0.15, -0.1) is 0 Å². The minimum absolute atomic E-state index is 0.131. The molecule has 0 saturated heterocycles. The maximum absolute atomic E-state index is 13.4. The van der Waals surface area contributed by atoms with Crippen LogP contribution in [0.5, 0.6) is 0 Å². The summed E-state index contributed by atoms with van der Waals surface area (Å²) < 4.78 is 28.2. The Labute approximate surface area is 150 Å². The molecule has 0 bridgehead atoms. The highest BCUT2D eigenvalue weighted by Gasteiger charge is 2.36. The van der Waals surface area contributed by atoms with E-state index in [1.54, 1.807) is 66.7 Å². The standard InChI is InChI=1S/C21H13NO3S/c23-21-16-11-5-4-10-15(16)20-19(21)17-12-6-7-13-18(17)22(20)26(24,25)14-8-2-1-3-9-14/h1-13H. The second kappa shape index (κ2) is 5.16. The van der Waals surface area contributed by atoms with Gasteiger partial charge >= 0.3 is 0 Å². The van der Waals surface area contributed by atoms with Crippen LogP contribution >= 0.6 is 0 Å². The Morgan fingerprint density at radius 3 is 2.08 bits per heavy atom. The van der Waals surface area contributed by atoms with Crippen molar-refractivity contribution in [1.29, 1.82) is 0 Å². The van der Waals surface area contributed by atoms with Gasteiger partial charge in [-0.1, -0.05) is 60.7 Å². The van der Waals surface area contributed by atoms with E-state index < -0.39 is 10.0 Å². The lowest BCUT2D eigenvalue weighted by atomic mass is 10.1. The third-order valence-electron chi connectivity index (χ3n) is 4.77. The van der Waals surface area contributed by atoms with Gasteiger partial charge in [-0.25, -0.2) is 12.4 Å². The van der Waals surface area contributed by atoms with E-state index in [0.717, 1.165) is 0 Å². The number of rotatable bonds is 2. The fraction of sp³-hybridized carbons (Fsp3) is 0. The van der Waals surface area contributed by atoms with E-state index in [-0.39, 0.29) is 10.7 Å². The number of para-hydroxylation sites is 1. The van der Waals surface area contributed by atoms with Crippen molar-refractivity contribution in [2.45, 2.75) is 4.90 Å². The van der Waals surface area contributed by atoms with E-state index in [9.17, 15) is 13.2 Å². The molecule has 5 heteroatoms. The van der Waals surface area contributed by atoms with Gasteiger partial charge in [0.2, 0.25) is 0 Å². The molecule has 0 aliphatic heterocycles. The Kier molecular flexibility index (Phi) is 3.00. The lowest BCUT2D eigenvalue weighted by Gasteiger charge is -2.12. The number of benzene rings is 3. The van der Waals surface area contributed by atoms with Crippen LogP contribution in [0.4, 0.5) is 0 Å². The Morgan fingerprint density at radius 1 is 0.692 bits per heavy atom. The summed E-state index contributed by atoms with van der Waals surface area (Å²) in [6, 6.07) is 22.6. The lowest BCUT2D eigenvalue weighted by Crippen LogP contribution is -2.14. The molecule has 0 spiro atoms. The fourth-order valence-corrected chi connectivity index (χ4v) is 5.22. The van der Waals surface area contributed by atoms with Crippen molar-refractivity contribution in [3.8, 4) is 11.3 Å². The SMILES string of the molecule is O=C1c2ccccc2-c2c1c1ccccc1n2S(=O)(=O)c1ccccc1. The molecule has 0 amide bonds. The first-order valence-electron chi connectivity index (χ1n) is 8.19. The van der Waals surface area contributed by atoms with E-state index in [1.807, 2.05) is 12.1 Å². The number of carbonyl (C=O) groups excluding carboxylic acids is 1. The third-order valence-corrected chi connectivity index (χ3v) is 6.50. The highest BCUT2D eigenvalue weighted by Crippen LogP contribution is 2.44. The van der Waals surface area contributed by atoms with Gasteiger partial charge in [0.1, 0.15) is 0 Å².